The maximum Gasteiger partial charge on any atom is 0.235 e. The van der Waals surface area contributed by atoms with Crippen LogP contribution in [0.15, 0.2) is 18.2 Å². The Kier molecular flexibility index (Phi) is 4.52. The van der Waals surface area contributed by atoms with Gasteiger partial charge >= 0.3 is 0 Å². The van der Waals surface area contributed by atoms with Crippen molar-refractivity contribution in [3.63, 3.8) is 0 Å². The number of nitrogens with zero attached hydrogens (tertiary/aromatic N) is 1. The van der Waals surface area contributed by atoms with E-state index in [0.717, 1.165) is 5.56 Å². The second-order valence-electron chi connectivity index (χ2n) is 7.03. The molecular formula is C16H24N2O3S. The second kappa shape index (κ2) is 5.91. The summed E-state index contributed by atoms with van der Waals surface area (Å²) in [6.45, 7) is 8.39. The molecule has 0 radical (unpaired) electrons. The lowest BCUT2D eigenvalue weighted by molar-refractivity contribution is -0.117. The van der Waals surface area contributed by atoms with Gasteiger partial charge in [-0.2, -0.15) is 0 Å². The summed E-state index contributed by atoms with van der Waals surface area (Å²) in [4.78, 5) is 12.0. The van der Waals surface area contributed by atoms with Gasteiger partial charge < -0.3 is 5.32 Å². The number of hydrogen-bond acceptors (Lipinski definition) is 3. The molecule has 1 fully saturated rings. The first-order chi connectivity index (χ1) is 10.1. The molecule has 1 aromatic carbocycles. The lowest BCUT2D eigenvalue weighted by Crippen LogP contribution is -2.26. The molecule has 1 aliphatic rings. The van der Waals surface area contributed by atoms with Crippen LogP contribution in [0.5, 0.6) is 0 Å². The second-order valence-corrected chi connectivity index (χ2v) is 9.04. The third-order valence-electron chi connectivity index (χ3n) is 3.55. The zero-order valence-electron chi connectivity index (χ0n) is 13.6. The minimum atomic E-state index is -3.22. The molecule has 2 rings (SSSR count). The number of amides is 1. The molecule has 1 amide bonds. The van der Waals surface area contributed by atoms with Crippen molar-refractivity contribution in [1.29, 1.82) is 0 Å². The van der Waals surface area contributed by atoms with Crippen molar-refractivity contribution in [3.05, 3.63) is 23.8 Å². The van der Waals surface area contributed by atoms with Gasteiger partial charge in [0.25, 0.3) is 0 Å². The van der Waals surface area contributed by atoms with Gasteiger partial charge in [-0.15, -0.1) is 0 Å². The summed E-state index contributed by atoms with van der Waals surface area (Å²) in [5, 5.41) is 2.86. The summed E-state index contributed by atoms with van der Waals surface area (Å²) in [7, 11) is -3.22. The number of aryl methyl sites for hydroxylation is 1. The standard InChI is InChI=1S/C16H24N2O3S/c1-12-6-7-13(17-15(19)11-16(2,3)4)10-14(12)18-8-5-9-22(18,20)21/h6-7,10H,5,8-9,11H2,1-4H3,(H,17,19). The van der Waals surface area contributed by atoms with Crippen LogP contribution in [0.1, 0.15) is 39.2 Å². The Hall–Kier alpha value is -1.56. The summed E-state index contributed by atoms with van der Waals surface area (Å²) in [5.74, 6) is 0.124. The molecule has 1 N–H and O–H groups in total. The van der Waals surface area contributed by atoms with Crippen LogP contribution in [-0.4, -0.2) is 26.6 Å². The summed E-state index contributed by atoms with van der Waals surface area (Å²) in [6.07, 6.45) is 1.06. The van der Waals surface area contributed by atoms with Crippen LogP contribution in [0.4, 0.5) is 11.4 Å². The molecule has 5 nitrogen and oxygen atoms in total. The normalized spacial score (nSPS) is 17.5. The van der Waals surface area contributed by atoms with Gasteiger partial charge in [0.15, 0.2) is 0 Å². The van der Waals surface area contributed by atoms with E-state index in [4.69, 9.17) is 0 Å². The first kappa shape index (κ1) is 16.8. The molecule has 0 atom stereocenters. The van der Waals surface area contributed by atoms with Crippen molar-refractivity contribution >= 4 is 27.3 Å². The highest BCUT2D eigenvalue weighted by Gasteiger charge is 2.29. The molecule has 122 valence electrons. The number of anilines is 2. The Balaban J connectivity index is 2.22. The minimum absolute atomic E-state index is 0.0633. The van der Waals surface area contributed by atoms with Gasteiger partial charge in [-0.05, 0) is 36.5 Å². The number of carbonyl (C=O) groups excluding carboxylic acids is 1. The first-order valence-electron chi connectivity index (χ1n) is 7.49. The quantitative estimate of drug-likeness (QED) is 0.929. The van der Waals surface area contributed by atoms with Gasteiger partial charge in [-0.3, -0.25) is 9.10 Å². The van der Waals surface area contributed by atoms with Crippen molar-refractivity contribution < 1.29 is 13.2 Å². The van der Waals surface area contributed by atoms with E-state index >= 15 is 0 Å². The fourth-order valence-corrected chi connectivity index (χ4v) is 4.17. The Morgan fingerprint density at radius 1 is 1.32 bits per heavy atom. The Bertz CT molecular complexity index is 675. The van der Waals surface area contributed by atoms with E-state index in [-0.39, 0.29) is 17.1 Å². The summed E-state index contributed by atoms with van der Waals surface area (Å²) < 4.78 is 25.6. The minimum Gasteiger partial charge on any atom is -0.326 e. The van der Waals surface area contributed by atoms with Crippen LogP contribution in [0, 0.1) is 12.3 Å². The van der Waals surface area contributed by atoms with Crippen LogP contribution in [0.2, 0.25) is 0 Å². The predicted molar refractivity (Wildman–Crippen MR) is 89.6 cm³/mol. The predicted octanol–water partition coefficient (Wildman–Crippen LogP) is 2.91. The lowest BCUT2D eigenvalue weighted by Gasteiger charge is -2.21. The number of rotatable bonds is 3. The molecule has 0 bridgehead atoms. The highest BCUT2D eigenvalue weighted by molar-refractivity contribution is 7.93. The number of hydrogen-bond donors (Lipinski definition) is 1. The van der Waals surface area contributed by atoms with Crippen LogP contribution < -0.4 is 9.62 Å². The van der Waals surface area contributed by atoms with Gasteiger partial charge in [-0.1, -0.05) is 26.8 Å². The van der Waals surface area contributed by atoms with Crippen molar-refractivity contribution in [2.45, 2.75) is 40.5 Å². The molecule has 1 aliphatic heterocycles. The van der Waals surface area contributed by atoms with Gasteiger partial charge in [0.1, 0.15) is 0 Å². The van der Waals surface area contributed by atoms with E-state index in [1.807, 2.05) is 39.8 Å². The number of benzene rings is 1. The molecule has 0 aliphatic carbocycles. The third kappa shape index (κ3) is 4.00. The highest BCUT2D eigenvalue weighted by atomic mass is 32.2. The topological polar surface area (TPSA) is 66.5 Å². The number of nitrogens with one attached hydrogen (secondary N) is 1. The summed E-state index contributed by atoms with van der Waals surface area (Å²) in [5.41, 5.74) is 2.10. The average Bonchev–Trinajstić information content (AvgIpc) is 2.69. The van der Waals surface area contributed by atoms with E-state index < -0.39 is 10.0 Å². The highest BCUT2D eigenvalue weighted by Crippen LogP contribution is 2.30. The Labute approximate surface area is 132 Å². The van der Waals surface area contributed by atoms with E-state index in [9.17, 15) is 13.2 Å². The van der Waals surface area contributed by atoms with Crippen LogP contribution in [0.25, 0.3) is 0 Å². The van der Waals surface area contributed by atoms with Gasteiger partial charge in [0.2, 0.25) is 15.9 Å². The fraction of sp³-hybridized carbons (Fsp3) is 0.562. The SMILES string of the molecule is Cc1ccc(NC(=O)CC(C)(C)C)cc1N1CCCS1(=O)=O. The van der Waals surface area contributed by atoms with Crippen LogP contribution in [0.3, 0.4) is 0 Å². The van der Waals surface area contributed by atoms with Crippen molar-refractivity contribution in [2.75, 3.05) is 21.9 Å². The molecule has 1 aromatic rings. The molecule has 0 unspecified atom stereocenters. The zero-order chi connectivity index (χ0) is 16.5. The largest absolute Gasteiger partial charge is 0.326 e. The average molecular weight is 324 g/mol. The third-order valence-corrected chi connectivity index (χ3v) is 5.41. The molecule has 1 heterocycles. The molecule has 6 heteroatoms. The number of carbonyl (C=O) groups is 1. The smallest absolute Gasteiger partial charge is 0.235 e. The zero-order valence-corrected chi connectivity index (χ0v) is 14.5. The molecule has 0 aromatic heterocycles. The number of sulfonamides is 1. The maximum absolute atomic E-state index is 12.1. The van der Waals surface area contributed by atoms with Crippen LogP contribution in [-0.2, 0) is 14.8 Å². The maximum atomic E-state index is 12.1. The Morgan fingerprint density at radius 2 is 2.00 bits per heavy atom. The summed E-state index contributed by atoms with van der Waals surface area (Å²) in [6, 6.07) is 5.40. The van der Waals surface area contributed by atoms with E-state index in [1.165, 1.54) is 4.31 Å². The molecule has 0 spiro atoms. The van der Waals surface area contributed by atoms with Gasteiger partial charge in [0.05, 0.1) is 11.4 Å². The first-order valence-corrected chi connectivity index (χ1v) is 9.10. The van der Waals surface area contributed by atoms with Crippen molar-refractivity contribution in [2.24, 2.45) is 5.41 Å². The molecule has 1 saturated heterocycles. The van der Waals surface area contributed by atoms with E-state index in [2.05, 4.69) is 5.32 Å². The van der Waals surface area contributed by atoms with E-state index in [1.54, 1.807) is 6.07 Å². The Morgan fingerprint density at radius 3 is 2.55 bits per heavy atom. The molecule has 0 saturated carbocycles. The monoisotopic (exact) mass is 324 g/mol. The summed E-state index contributed by atoms with van der Waals surface area (Å²) >= 11 is 0. The fourth-order valence-electron chi connectivity index (χ4n) is 2.55. The van der Waals surface area contributed by atoms with E-state index in [0.29, 0.717) is 30.8 Å². The lowest BCUT2D eigenvalue weighted by atomic mass is 9.92. The van der Waals surface area contributed by atoms with Gasteiger partial charge in [0, 0.05) is 18.7 Å². The molecule has 22 heavy (non-hydrogen) atoms. The van der Waals surface area contributed by atoms with Crippen LogP contribution >= 0.6 is 0 Å². The van der Waals surface area contributed by atoms with Crippen molar-refractivity contribution in [1.82, 2.24) is 0 Å². The van der Waals surface area contributed by atoms with Crippen molar-refractivity contribution in [3.8, 4) is 0 Å². The molecular weight excluding hydrogens is 300 g/mol. The van der Waals surface area contributed by atoms with Gasteiger partial charge in [-0.25, -0.2) is 8.42 Å².